The van der Waals surface area contributed by atoms with Crippen LogP contribution in [0.2, 0.25) is 0 Å². The van der Waals surface area contributed by atoms with Crippen LogP contribution in [0.5, 0.6) is 11.5 Å². The zero-order chi connectivity index (χ0) is 21.2. The van der Waals surface area contributed by atoms with Gasteiger partial charge in [0.2, 0.25) is 6.10 Å². The number of ether oxygens (including phenoxy) is 2. The second-order valence-electron chi connectivity index (χ2n) is 7.66. The average molecular weight is 403 g/mol. The monoisotopic (exact) mass is 403 g/mol. The van der Waals surface area contributed by atoms with E-state index in [0.29, 0.717) is 17.1 Å². The van der Waals surface area contributed by atoms with Gasteiger partial charge in [-0.25, -0.2) is 0 Å². The van der Waals surface area contributed by atoms with Crippen molar-refractivity contribution in [3.8, 4) is 17.6 Å². The van der Waals surface area contributed by atoms with E-state index in [0.717, 1.165) is 0 Å². The van der Waals surface area contributed by atoms with Crippen LogP contribution in [0.15, 0.2) is 54.6 Å². The van der Waals surface area contributed by atoms with Crippen molar-refractivity contribution in [2.75, 3.05) is 0 Å². The molecule has 1 fully saturated rings. The molecule has 0 spiro atoms. The number of esters is 1. The molecule has 4 nitrogen and oxygen atoms in total. The summed E-state index contributed by atoms with van der Waals surface area (Å²) in [5.41, 5.74) is -0.426. The third-order valence-corrected chi connectivity index (χ3v) is 5.25. The minimum atomic E-state index is -4.35. The van der Waals surface area contributed by atoms with Gasteiger partial charge in [0, 0.05) is 12.0 Å². The average Bonchev–Trinajstić information content (AvgIpc) is 3.18. The van der Waals surface area contributed by atoms with Gasteiger partial charge in [-0.05, 0) is 35.6 Å². The maximum Gasteiger partial charge on any atom is 0.389 e. The van der Waals surface area contributed by atoms with Gasteiger partial charge in [-0.1, -0.05) is 44.2 Å². The SMILES string of the molecule is CC1(C)[C@H](C(=O)O[C@H](C#N)c2cccc(Oc3ccccc3)c2)[C@@H]1CC(F)(F)F. The normalized spacial score (nSPS) is 21.0. The van der Waals surface area contributed by atoms with Gasteiger partial charge in [-0.2, -0.15) is 18.4 Å². The minimum absolute atomic E-state index is 0.389. The molecule has 7 heteroatoms. The zero-order valence-electron chi connectivity index (χ0n) is 15.9. The van der Waals surface area contributed by atoms with Crippen LogP contribution in [-0.2, 0) is 9.53 Å². The summed E-state index contributed by atoms with van der Waals surface area (Å²) in [6.45, 7) is 3.20. The van der Waals surface area contributed by atoms with Crippen LogP contribution in [-0.4, -0.2) is 12.1 Å². The van der Waals surface area contributed by atoms with E-state index in [1.54, 1.807) is 50.2 Å². The van der Waals surface area contributed by atoms with Crippen molar-refractivity contribution in [2.24, 2.45) is 17.3 Å². The van der Waals surface area contributed by atoms with Gasteiger partial charge in [0.25, 0.3) is 0 Å². The van der Waals surface area contributed by atoms with Crippen LogP contribution in [0.3, 0.4) is 0 Å². The topological polar surface area (TPSA) is 59.3 Å². The van der Waals surface area contributed by atoms with Crippen molar-refractivity contribution >= 4 is 5.97 Å². The number of carbonyl (C=O) groups is 1. The van der Waals surface area contributed by atoms with Crippen molar-refractivity contribution in [1.29, 1.82) is 5.26 Å². The van der Waals surface area contributed by atoms with Crippen LogP contribution in [0, 0.1) is 28.6 Å². The summed E-state index contributed by atoms with van der Waals surface area (Å²) >= 11 is 0. The number of benzene rings is 2. The summed E-state index contributed by atoms with van der Waals surface area (Å²) in [6.07, 6.45) is -6.63. The number of para-hydroxylation sites is 1. The van der Waals surface area contributed by atoms with E-state index < -0.39 is 41.9 Å². The predicted molar refractivity (Wildman–Crippen MR) is 98.8 cm³/mol. The molecule has 0 amide bonds. The van der Waals surface area contributed by atoms with Crippen molar-refractivity contribution < 1.29 is 27.4 Å². The molecule has 0 unspecified atom stereocenters. The Morgan fingerprint density at radius 2 is 1.79 bits per heavy atom. The number of rotatable bonds is 6. The summed E-state index contributed by atoms with van der Waals surface area (Å²) in [4.78, 5) is 12.5. The molecule has 0 N–H and O–H groups in total. The first-order chi connectivity index (χ1) is 13.6. The van der Waals surface area contributed by atoms with E-state index in [1.165, 1.54) is 0 Å². The summed E-state index contributed by atoms with van der Waals surface area (Å²) in [7, 11) is 0. The molecule has 0 aliphatic heterocycles. The van der Waals surface area contributed by atoms with Crippen LogP contribution < -0.4 is 4.74 Å². The lowest BCUT2D eigenvalue weighted by Gasteiger charge is -2.13. The van der Waals surface area contributed by atoms with E-state index in [4.69, 9.17) is 9.47 Å². The Hall–Kier alpha value is -3.01. The maximum absolute atomic E-state index is 12.7. The van der Waals surface area contributed by atoms with Gasteiger partial charge in [-0.15, -0.1) is 0 Å². The van der Waals surface area contributed by atoms with E-state index in [9.17, 15) is 23.2 Å². The molecule has 1 aliphatic carbocycles. The van der Waals surface area contributed by atoms with E-state index in [1.807, 2.05) is 24.3 Å². The quantitative estimate of drug-likeness (QED) is 0.571. The molecule has 0 heterocycles. The van der Waals surface area contributed by atoms with Crippen LogP contribution in [0.1, 0.15) is 31.9 Å². The molecule has 3 rings (SSSR count). The minimum Gasteiger partial charge on any atom is -0.457 e. The molecule has 2 aromatic carbocycles. The first-order valence-corrected chi connectivity index (χ1v) is 9.11. The first-order valence-electron chi connectivity index (χ1n) is 9.11. The van der Waals surface area contributed by atoms with Gasteiger partial charge in [-0.3, -0.25) is 4.79 Å². The Morgan fingerprint density at radius 3 is 2.41 bits per heavy atom. The number of halogens is 3. The Morgan fingerprint density at radius 1 is 1.14 bits per heavy atom. The van der Waals surface area contributed by atoms with Crippen LogP contribution >= 0.6 is 0 Å². The molecule has 0 bridgehead atoms. The van der Waals surface area contributed by atoms with E-state index in [-0.39, 0.29) is 0 Å². The van der Waals surface area contributed by atoms with Crippen LogP contribution in [0.4, 0.5) is 13.2 Å². The molecule has 1 saturated carbocycles. The summed E-state index contributed by atoms with van der Waals surface area (Å²) in [5.74, 6) is -1.47. The number of nitriles is 1. The van der Waals surface area contributed by atoms with Crippen molar-refractivity contribution in [3.05, 3.63) is 60.2 Å². The Balaban J connectivity index is 1.70. The van der Waals surface area contributed by atoms with Crippen molar-refractivity contribution in [3.63, 3.8) is 0 Å². The fourth-order valence-electron chi connectivity index (χ4n) is 3.57. The number of carbonyl (C=O) groups excluding carboxylic acids is 1. The molecule has 0 saturated heterocycles. The largest absolute Gasteiger partial charge is 0.457 e. The maximum atomic E-state index is 12.7. The highest BCUT2D eigenvalue weighted by Gasteiger charge is 2.65. The third kappa shape index (κ3) is 4.89. The van der Waals surface area contributed by atoms with Crippen LogP contribution in [0.25, 0.3) is 0 Å². The first kappa shape index (κ1) is 20.7. The van der Waals surface area contributed by atoms with Crippen molar-refractivity contribution in [2.45, 2.75) is 32.5 Å². The summed E-state index contributed by atoms with van der Waals surface area (Å²) in [5, 5.41) is 9.45. The Bertz CT molecular complexity index is 919. The smallest absolute Gasteiger partial charge is 0.389 e. The highest BCUT2D eigenvalue weighted by molar-refractivity contribution is 5.78. The number of hydrogen-bond donors (Lipinski definition) is 0. The summed E-state index contributed by atoms with van der Waals surface area (Å²) in [6, 6.07) is 17.4. The number of hydrogen-bond acceptors (Lipinski definition) is 4. The molecular formula is C22H20F3NO3. The lowest BCUT2D eigenvalue weighted by Crippen LogP contribution is -2.15. The fraction of sp³-hybridized carbons (Fsp3) is 0.364. The molecule has 0 aromatic heterocycles. The fourth-order valence-corrected chi connectivity index (χ4v) is 3.57. The molecule has 0 radical (unpaired) electrons. The van der Waals surface area contributed by atoms with E-state index >= 15 is 0 Å². The van der Waals surface area contributed by atoms with Gasteiger partial charge < -0.3 is 9.47 Å². The van der Waals surface area contributed by atoms with Crippen molar-refractivity contribution in [1.82, 2.24) is 0 Å². The third-order valence-electron chi connectivity index (χ3n) is 5.25. The molecule has 3 atom stereocenters. The lowest BCUT2D eigenvalue weighted by atomic mass is 10.1. The zero-order valence-corrected chi connectivity index (χ0v) is 15.9. The second-order valence-corrected chi connectivity index (χ2v) is 7.66. The lowest BCUT2D eigenvalue weighted by molar-refractivity contribution is -0.151. The van der Waals surface area contributed by atoms with Gasteiger partial charge in [0.15, 0.2) is 0 Å². The molecule has 152 valence electrons. The Kier molecular flexibility index (Phi) is 5.56. The van der Waals surface area contributed by atoms with Gasteiger partial charge in [0.05, 0.1) is 5.92 Å². The molecule has 2 aromatic rings. The number of alkyl halides is 3. The second kappa shape index (κ2) is 7.78. The molecule has 1 aliphatic rings. The summed E-state index contributed by atoms with van der Waals surface area (Å²) < 4.78 is 49.2. The number of nitrogens with zero attached hydrogens (tertiary/aromatic N) is 1. The highest BCUT2D eigenvalue weighted by Crippen LogP contribution is 2.62. The standard InChI is InChI=1S/C22H20F3NO3/c1-21(2)17(12-22(23,24)25)19(21)20(27)29-18(13-26)14-7-6-10-16(11-14)28-15-8-4-3-5-9-15/h3-11,17-19H,12H2,1-2H3/t17-,18+,19-/m0/s1. The van der Waals surface area contributed by atoms with Gasteiger partial charge in [0.1, 0.15) is 17.6 Å². The molecule has 29 heavy (non-hydrogen) atoms. The van der Waals surface area contributed by atoms with Gasteiger partial charge >= 0.3 is 12.1 Å². The Labute approximate surface area is 166 Å². The van der Waals surface area contributed by atoms with E-state index in [2.05, 4.69) is 0 Å². The highest BCUT2D eigenvalue weighted by atomic mass is 19.4. The predicted octanol–water partition coefficient (Wildman–Crippen LogP) is 5.81. The molecular weight excluding hydrogens is 383 g/mol.